The van der Waals surface area contributed by atoms with Crippen LogP contribution in [-0.2, 0) is 4.79 Å². The number of halogens is 2. The van der Waals surface area contributed by atoms with Crippen molar-refractivity contribution >= 4 is 40.9 Å². The third-order valence-corrected chi connectivity index (χ3v) is 3.38. The zero-order valence-electron chi connectivity index (χ0n) is 10.2. The van der Waals surface area contributed by atoms with Crippen LogP contribution in [0.1, 0.15) is 6.42 Å². The van der Waals surface area contributed by atoms with Crippen LogP contribution in [0.4, 0.5) is 10.5 Å². The van der Waals surface area contributed by atoms with Crippen LogP contribution in [0.15, 0.2) is 18.2 Å². The van der Waals surface area contributed by atoms with Crippen molar-refractivity contribution in [1.82, 2.24) is 4.90 Å². The number of aliphatic hydroxyl groups is 1. The van der Waals surface area contributed by atoms with E-state index in [-0.39, 0.29) is 13.0 Å². The number of amides is 2. The second kappa shape index (κ2) is 5.87. The molecule has 1 fully saturated rings. The normalized spacial score (nSPS) is 21.9. The maximum absolute atomic E-state index is 12.1. The van der Waals surface area contributed by atoms with Gasteiger partial charge in [0, 0.05) is 28.7 Å². The summed E-state index contributed by atoms with van der Waals surface area (Å²) < 4.78 is 0. The number of rotatable bonds is 2. The number of aliphatic carboxylic acids is 1. The average molecular weight is 319 g/mol. The summed E-state index contributed by atoms with van der Waals surface area (Å²) in [6, 6.07) is 2.84. The Bertz CT molecular complexity index is 532. The second-order valence-corrected chi connectivity index (χ2v) is 5.36. The number of carboxylic acids is 1. The third-order valence-electron chi connectivity index (χ3n) is 2.94. The van der Waals surface area contributed by atoms with Gasteiger partial charge in [0.25, 0.3) is 0 Å². The zero-order valence-corrected chi connectivity index (χ0v) is 11.7. The van der Waals surface area contributed by atoms with Crippen LogP contribution in [-0.4, -0.2) is 45.8 Å². The Balaban J connectivity index is 2.13. The molecule has 20 heavy (non-hydrogen) atoms. The van der Waals surface area contributed by atoms with Crippen LogP contribution in [0, 0.1) is 0 Å². The first-order valence-corrected chi connectivity index (χ1v) is 6.57. The summed E-state index contributed by atoms with van der Waals surface area (Å²) in [5.41, 5.74) is 0.359. The lowest BCUT2D eigenvalue weighted by molar-refractivity contribution is -0.141. The SMILES string of the molecule is O=C(O)[C@@H]1C[C@@H](O)CN1C(=O)Nc1cc(Cl)cc(Cl)c1. The Morgan fingerprint density at radius 1 is 1.25 bits per heavy atom. The second-order valence-electron chi connectivity index (χ2n) is 4.48. The molecule has 1 saturated heterocycles. The van der Waals surface area contributed by atoms with Gasteiger partial charge < -0.3 is 20.4 Å². The predicted octanol–water partition coefficient (Wildman–Crippen LogP) is 2.05. The minimum atomic E-state index is -1.15. The number of nitrogens with zero attached hydrogens (tertiary/aromatic N) is 1. The molecule has 8 heteroatoms. The maximum Gasteiger partial charge on any atom is 0.326 e. The van der Waals surface area contributed by atoms with Crippen molar-refractivity contribution in [3.8, 4) is 0 Å². The van der Waals surface area contributed by atoms with Crippen LogP contribution in [0.2, 0.25) is 10.0 Å². The van der Waals surface area contributed by atoms with Gasteiger partial charge in [-0.3, -0.25) is 0 Å². The van der Waals surface area contributed by atoms with E-state index < -0.39 is 24.1 Å². The largest absolute Gasteiger partial charge is 0.480 e. The van der Waals surface area contributed by atoms with Crippen LogP contribution < -0.4 is 5.32 Å². The van der Waals surface area contributed by atoms with E-state index in [2.05, 4.69) is 5.32 Å². The molecular formula is C12H12Cl2N2O4. The molecule has 2 rings (SSSR count). The van der Waals surface area contributed by atoms with Crippen LogP contribution in [0.3, 0.4) is 0 Å². The van der Waals surface area contributed by atoms with Crippen molar-refractivity contribution in [3.05, 3.63) is 28.2 Å². The van der Waals surface area contributed by atoms with Gasteiger partial charge in [0.2, 0.25) is 0 Å². The van der Waals surface area contributed by atoms with Gasteiger partial charge >= 0.3 is 12.0 Å². The molecule has 0 saturated carbocycles. The number of β-amino-alcohol motifs (C(OH)–C–C–N with tert-alkyl or cyclic N) is 1. The number of aliphatic hydroxyl groups excluding tert-OH is 1. The van der Waals surface area contributed by atoms with Gasteiger partial charge in [-0.05, 0) is 18.2 Å². The summed E-state index contributed by atoms with van der Waals surface area (Å²) in [5, 5.41) is 21.7. The quantitative estimate of drug-likeness (QED) is 0.778. The minimum Gasteiger partial charge on any atom is -0.480 e. The van der Waals surface area contributed by atoms with E-state index in [1.54, 1.807) is 0 Å². The van der Waals surface area contributed by atoms with Crippen molar-refractivity contribution in [2.45, 2.75) is 18.6 Å². The fraction of sp³-hybridized carbons (Fsp3) is 0.333. The van der Waals surface area contributed by atoms with Crippen molar-refractivity contribution < 1.29 is 19.8 Å². The molecule has 3 N–H and O–H groups in total. The number of hydrogen-bond donors (Lipinski definition) is 3. The van der Waals surface area contributed by atoms with Crippen molar-refractivity contribution in [2.24, 2.45) is 0 Å². The van der Waals surface area contributed by atoms with Gasteiger partial charge in [0.1, 0.15) is 6.04 Å². The molecule has 108 valence electrons. The Labute approximate surface area is 124 Å². The molecule has 0 aliphatic carbocycles. The highest BCUT2D eigenvalue weighted by molar-refractivity contribution is 6.35. The number of hydrogen-bond acceptors (Lipinski definition) is 3. The lowest BCUT2D eigenvalue weighted by Gasteiger charge is -2.21. The molecule has 1 aromatic carbocycles. The summed E-state index contributed by atoms with van der Waals surface area (Å²) in [4.78, 5) is 24.2. The Morgan fingerprint density at radius 2 is 1.85 bits per heavy atom. The van der Waals surface area contributed by atoms with Gasteiger partial charge in [0.05, 0.1) is 6.10 Å². The van der Waals surface area contributed by atoms with E-state index in [1.807, 2.05) is 0 Å². The number of carbonyl (C=O) groups excluding carboxylic acids is 1. The van der Waals surface area contributed by atoms with Crippen LogP contribution >= 0.6 is 23.2 Å². The number of benzene rings is 1. The lowest BCUT2D eigenvalue weighted by atomic mass is 10.2. The van der Waals surface area contributed by atoms with Gasteiger partial charge in [-0.15, -0.1) is 0 Å². The maximum atomic E-state index is 12.1. The Hall–Kier alpha value is -1.50. The molecular weight excluding hydrogens is 307 g/mol. The van der Waals surface area contributed by atoms with E-state index in [0.29, 0.717) is 15.7 Å². The molecule has 6 nitrogen and oxygen atoms in total. The molecule has 0 radical (unpaired) electrons. The van der Waals surface area contributed by atoms with Crippen molar-refractivity contribution in [1.29, 1.82) is 0 Å². The molecule has 0 bridgehead atoms. The van der Waals surface area contributed by atoms with Gasteiger partial charge in [-0.1, -0.05) is 23.2 Å². The molecule has 1 heterocycles. The summed E-state index contributed by atoms with van der Waals surface area (Å²) in [5.74, 6) is -1.15. The fourth-order valence-corrected chi connectivity index (χ4v) is 2.62. The summed E-state index contributed by atoms with van der Waals surface area (Å²) >= 11 is 11.6. The third kappa shape index (κ3) is 3.33. The smallest absolute Gasteiger partial charge is 0.326 e. The van der Waals surface area contributed by atoms with E-state index in [4.69, 9.17) is 28.3 Å². The predicted molar refractivity (Wildman–Crippen MR) is 74.2 cm³/mol. The number of anilines is 1. The summed E-state index contributed by atoms with van der Waals surface area (Å²) in [7, 11) is 0. The standard InChI is InChI=1S/C12H12Cl2N2O4/c13-6-1-7(14)3-8(2-6)15-12(20)16-5-9(17)4-10(16)11(18)19/h1-3,9-10,17H,4-5H2,(H,15,20)(H,18,19)/t9-,10+/m1/s1. The van der Waals surface area contributed by atoms with Crippen LogP contribution in [0.5, 0.6) is 0 Å². The lowest BCUT2D eigenvalue weighted by Crippen LogP contribution is -2.43. The van der Waals surface area contributed by atoms with Crippen molar-refractivity contribution in [3.63, 3.8) is 0 Å². The highest BCUT2D eigenvalue weighted by Crippen LogP contribution is 2.24. The number of carbonyl (C=O) groups is 2. The molecule has 1 aliphatic heterocycles. The first kappa shape index (κ1) is 14.9. The van der Waals surface area contributed by atoms with E-state index >= 15 is 0 Å². The first-order valence-electron chi connectivity index (χ1n) is 5.81. The van der Waals surface area contributed by atoms with E-state index in [1.165, 1.54) is 18.2 Å². The van der Waals surface area contributed by atoms with E-state index in [0.717, 1.165) is 4.90 Å². The Kier molecular flexibility index (Phi) is 4.37. The van der Waals surface area contributed by atoms with Crippen LogP contribution in [0.25, 0.3) is 0 Å². The Morgan fingerprint density at radius 3 is 2.40 bits per heavy atom. The monoisotopic (exact) mass is 318 g/mol. The summed E-state index contributed by atoms with van der Waals surface area (Å²) in [6.45, 7) is -0.0307. The molecule has 1 aromatic rings. The topological polar surface area (TPSA) is 89.9 Å². The summed E-state index contributed by atoms with van der Waals surface area (Å²) in [6.07, 6.45) is -0.830. The van der Waals surface area contributed by atoms with E-state index in [9.17, 15) is 14.7 Å². The number of urea groups is 1. The molecule has 2 amide bonds. The molecule has 0 spiro atoms. The van der Waals surface area contributed by atoms with Gasteiger partial charge in [-0.25, -0.2) is 9.59 Å². The van der Waals surface area contributed by atoms with Gasteiger partial charge in [0.15, 0.2) is 0 Å². The fourth-order valence-electron chi connectivity index (χ4n) is 2.09. The average Bonchev–Trinajstić information content (AvgIpc) is 2.70. The number of carboxylic acid groups (broad SMARTS) is 1. The molecule has 0 aromatic heterocycles. The van der Waals surface area contributed by atoms with Crippen molar-refractivity contribution in [2.75, 3.05) is 11.9 Å². The van der Waals surface area contributed by atoms with Gasteiger partial charge in [-0.2, -0.15) is 0 Å². The first-order chi connectivity index (χ1) is 9.36. The molecule has 1 aliphatic rings. The zero-order chi connectivity index (χ0) is 14.9. The highest BCUT2D eigenvalue weighted by Gasteiger charge is 2.39. The molecule has 2 atom stereocenters. The molecule has 0 unspecified atom stereocenters. The number of nitrogens with one attached hydrogen (secondary N) is 1. The number of likely N-dealkylation sites (tertiary alicyclic amines) is 1. The minimum absolute atomic E-state index is 0.0130. The highest BCUT2D eigenvalue weighted by atomic mass is 35.5.